The van der Waals surface area contributed by atoms with Gasteiger partial charge in [-0.25, -0.2) is 0 Å². The molecular formula is C8H17NO. The van der Waals surface area contributed by atoms with Crippen molar-refractivity contribution in [3.05, 3.63) is 4.91 Å². The molecule has 2 nitrogen and oxygen atoms in total. The van der Waals surface area contributed by atoms with Gasteiger partial charge in [0, 0.05) is 0 Å². The van der Waals surface area contributed by atoms with Crippen molar-refractivity contribution in [2.45, 2.75) is 46.6 Å². The molecule has 0 aromatic heterocycles. The van der Waals surface area contributed by atoms with Gasteiger partial charge in [-0.1, -0.05) is 25.9 Å². The normalized spacial score (nSPS) is 13.3. The Morgan fingerprint density at radius 1 is 1.20 bits per heavy atom. The van der Waals surface area contributed by atoms with E-state index in [0.717, 1.165) is 6.42 Å². The molecule has 0 amide bonds. The summed E-state index contributed by atoms with van der Waals surface area (Å²) < 4.78 is 0. The maximum atomic E-state index is 10.4. The minimum absolute atomic E-state index is 0.00868. The topological polar surface area (TPSA) is 29.4 Å². The number of rotatable bonds is 3. The lowest BCUT2D eigenvalue weighted by Gasteiger charge is -2.34. The minimum Gasteiger partial charge on any atom is -0.150 e. The predicted molar refractivity (Wildman–Crippen MR) is 43.9 cm³/mol. The van der Waals surface area contributed by atoms with Gasteiger partial charge in [0.05, 0.1) is 0 Å². The Balaban J connectivity index is 4.43. The second-order valence-corrected chi connectivity index (χ2v) is 3.89. The molecule has 0 spiro atoms. The Morgan fingerprint density at radius 3 is 1.70 bits per heavy atom. The lowest BCUT2D eigenvalue weighted by Crippen LogP contribution is -2.36. The molecule has 2 heteroatoms. The third-order valence-electron chi connectivity index (χ3n) is 2.77. The zero-order valence-corrected chi connectivity index (χ0v) is 7.56. The molecule has 0 saturated heterocycles. The summed E-state index contributed by atoms with van der Waals surface area (Å²) in [6.07, 6.45) is 0.978. The van der Waals surface area contributed by atoms with Gasteiger partial charge in [-0.05, 0) is 25.7 Å². The largest absolute Gasteiger partial charge is 0.150 e. The van der Waals surface area contributed by atoms with Crippen LogP contribution in [-0.2, 0) is 0 Å². The Morgan fingerprint density at radius 2 is 1.60 bits per heavy atom. The first-order chi connectivity index (χ1) is 4.37. The van der Waals surface area contributed by atoms with Crippen LogP contribution in [0, 0.1) is 10.3 Å². The van der Waals surface area contributed by atoms with Crippen molar-refractivity contribution in [2.75, 3.05) is 0 Å². The molecule has 0 aliphatic carbocycles. The Labute approximate surface area is 63.0 Å². The molecule has 0 heterocycles. The van der Waals surface area contributed by atoms with Crippen LogP contribution in [0.3, 0.4) is 0 Å². The fraction of sp³-hybridized carbons (Fsp3) is 1.00. The van der Waals surface area contributed by atoms with Gasteiger partial charge < -0.3 is 0 Å². The molecule has 0 rings (SSSR count). The minimum atomic E-state index is -0.443. The third kappa shape index (κ3) is 1.55. The second-order valence-electron chi connectivity index (χ2n) is 3.89. The van der Waals surface area contributed by atoms with E-state index >= 15 is 0 Å². The molecule has 0 aliphatic rings. The van der Waals surface area contributed by atoms with Gasteiger partial charge in [0.2, 0.25) is 0 Å². The molecule has 0 unspecified atom stereocenters. The maximum absolute atomic E-state index is 10.4. The van der Waals surface area contributed by atoms with E-state index in [1.54, 1.807) is 0 Å². The Bertz CT molecular complexity index is 127. The number of hydrogen-bond donors (Lipinski definition) is 0. The van der Waals surface area contributed by atoms with Gasteiger partial charge in [0.25, 0.3) is 0 Å². The fourth-order valence-corrected chi connectivity index (χ4v) is 0.556. The van der Waals surface area contributed by atoms with E-state index in [9.17, 15) is 4.91 Å². The van der Waals surface area contributed by atoms with E-state index in [4.69, 9.17) is 0 Å². The highest BCUT2D eigenvalue weighted by molar-refractivity contribution is 4.91. The first-order valence-corrected chi connectivity index (χ1v) is 3.72. The summed E-state index contributed by atoms with van der Waals surface area (Å²) in [5.74, 6) is 0. The molecule has 0 saturated carbocycles. The van der Waals surface area contributed by atoms with Gasteiger partial charge in [-0.15, -0.1) is 0 Å². The quantitative estimate of drug-likeness (QED) is 0.558. The van der Waals surface area contributed by atoms with Crippen LogP contribution in [0.25, 0.3) is 0 Å². The van der Waals surface area contributed by atoms with E-state index in [2.05, 4.69) is 25.9 Å². The van der Waals surface area contributed by atoms with Gasteiger partial charge in [0.15, 0.2) is 0 Å². The van der Waals surface area contributed by atoms with Crippen molar-refractivity contribution in [2.24, 2.45) is 10.6 Å². The van der Waals surface area contributed by atoms with Crippen molar-refractivity contribution in [1.82, 2.24) is 0 Å². The van der Waals surface area contributed by atoms with Crippen LogP contribution in [0.15, 0.2) is 5.18 Å². The first kappa shape index (κ1) is 9.60. The summed E-state index contributed by atoms with van der Waals surface area (Å²) in [5, 5.41) is 3.11. The first-order valence-electron chi connectivity index (χ1n) is 3.72. The highest BCUT2D eigenvalue weighted by Gasteiger charge is 2.36. The van der Waals surface area contributed by atoms with E-state index in [1.807, 2.05) is 13.8 Å². The SMILES string of the molecule is CCC(C)(C)C(C)(C)N=O. The molecule has 0 fully saturated rings. The van der Waals surface area contributed by atoms with Crippen LogP contribution in [0.2, 0.25) is 0 Å². The highest BCUT2D eigenvalue weighted by atomic mass is 16.3. The van der Waals surface area contributed by atoms with Crippen LogP contribution in [-0.4, -0.2) is 5.54 Å². The number of nitrogens with zero attached hydrogens (tertiary/aromatic N) is 1. The lowest BCUT2D eigenvalue weighted by molar-refractivity contribution is 0.195. The molecule has 0 bridgehead atoms. The van der Waals surface area contributed by atoms with Crippen molar-refractivity contribution in [3.8, 4) is 0 Å². The third-order valence-corrected chi connectivity index (χ3v) is 2.77. The standard InChI is InChI=1S/C8H17NO/c1-6-7(2,3)8(4,5)9-10/h6H2,1-5H3. The summed E-state index contributed by atoms with van der Waals surface area (Å²) >= 11 is 0. The predicted octanol–water partition coefficient (Wildman–Crippen LogP) is 2.97. The number of hydrogen-bond acceptors (Lipinski definition) is 2. The van der Waals surface area contributed by atoms with E-state index < -0.39 is 5.54 Å². The molecule has 0 aromatic rings. The van der Waals surface area contributed by atoms with E-state index in [0.29, 0.717) is 0 Å². The van der Waals surface area contributed by atoms with Crippen LogP contribution >= 0.6 is 0 Å². The van der Waals surface area contributed by atoms with E-state index in [-0.39, 0.29) is 5.41 Å². The lowest BCUT2D eigenvalue weighted by atomic mass is 9.73. The maximum Gasteiger partial charge on any atom is 0.102 e. The van der Waals surface area contributed by atoms with Crippen molar-refractivity contribution in [1.29, 1.82) is 0 Å². The van der Waals surface area contributed by atoms with Crippen LogP contribution in [0.4, 0.5) is 0 Å². The average Bonchev–Trinajstić information content (AvgIpc) is 1.88. The molecular weight excluding hydrogens is 126 g/mol. The molecule has 0 aromatic carbocycles. The van der Waals surface area contributed by atoms with Gasteiger partial charge in [-0.3, -0.25) is 0 Å². The van der Waals surface area contributed by atoms with Gasteiger partial charge >= 0.3 is 0 Å². The summed E-state index contributed by atoms with van der Waals surface area (Å²) in [4.78, 5) is 10.4. The Hall–Kier alpha value is -0.400. The smallest absolute Gasteiger partial charge is 0.102 e. The van der Waals surface area contributed by atoms with Crippen molar-refractivity contribution >= 4 is 0 Å². The zero-order valence-electron chi connectivity index (χ0n) is 7.56. The molecule has 60 valence electrons. The molecule has 0 N–H and O–H groups in total. The molecule has 0 atom stereocenters. The fourth-order valence-electron chi connectivity index (χ4n) is 0.556. The summed E-state index contributed by atoms with van der Waals surface area (Å²) in [7, 11) is 0. The highest BCUT2D eigenvalue weighted by Crippen LogP contribution is 2.36. The summed E-state index contributed by atoms with van der Waals surface area (Å²) in [5.41, 5.74) is -0.434. The second kappa shape index (κ2) is 2.69. The van der Waals surface area contributed by atoms with Gasteiger partial charge in [0.1, 0.15) is 5.54 Å². The molecule has 0 radical (unpaired) electrons. The molecule has 10 heavy (non-hydrogen) atoms. The van der Waals surface area contributed by atoms with Crippen molar-refractivity contribution in [3.63, 3.8) is 0 Å². The van der Waals surface area contributed by atoms with Crippen LogP contribution < -0.4 is 0 Å². The Kier molecular flexibility index (Phi) is 2.58. The monoisotopic (exact) mass is 143 g/mol. The summed E-state index contributed by atoms with van der Waals surface area (Å²) in [6, 6.07) is 0. The summed E-state index contributed by atoms with van der Waals surface area (Å²) in [6.45, 7) is 9.96. The van der Waals surface area contributed by atoms with Crippen LogP contribution in [0.5, 0.6) is 0 Å². The number of nitroso groups, excluding NO2 is 1. The zero-order chi connectivity index (χ0) is 8.41. The van der Waals surface area contributed by atoms with Gasteiger partial charge in [-0.2, -0.15) is 4.91 Å². The van der Waals surface area contributed by atoms with E-state index in [1.165, 1.54) is 0 Å². The van der Waals surface area contributed by atoms with Crippen LogP contribution in [0.1, 0.15) is 41.0 Å². The van der Waals surface area contributed by atoms with Crippen molar-refractivity contribution < 1.29 is 0 Å². The molecule has 0 aliphatic heterocycles. The average molecular weight is 143 g/mol.